The Kier molecular flexibility index (Phi) is 4.56. The van der Waals surface area contributed by atoms with Gasteiger partial charge in [0.1, 0.15) is 6.26 Å². The van der Waals surface area contributed by atoms with Crippen LogP contribution in [0.2, 0.25) is 0 Å². The Bertz CT molecular complexity index is 400. The molecule has 15 heavy (non-hydrogen) atoms. The highest BCUT2D eigenvalue weighted by Gasteiger charge is 2.04. The van der Waals surface area contributed by atoms with Gasteiger partial charge >= 0.3 is 11.9 Å². The van der Waals surface area contributed by atoms with Gasteiger partial charge in [0.25, 0.3) is 0 Å². The van der Waals surface area contributed by atoms with Gasteiger partial charge in [-0.1, -0.05) is 34.1 Å². The fourth-order valence-electron chi connectivity index (χ4n) is 0.744. The third kappa shape index (κ3) is 4.42. The van der Waals surface area contributed by atoms with Crippen molar-refractivity contribution < 1.29 is 14.3 Å². The number of carboxylic acid groups (broad SMARTS) is 1. The molecule has 0 radical (unpaired) electrons. The maximum absolute atomic E-state index is 9.91. The first-order valence-corrected chi connectivity index (χ1v) is 4.83. The molecule has 0 bridgehead atoms. The van der Waals surface area contributed by atoms with Gasteiger partial charge in [-0.3, -0.25) is 0 Å². The molecule has 2 aromatic rings. The zero-order valence-electron chi connectivity index (χ0n) is 7.63. The van der Waals surface area contributed by atoms with Crippen LogP contribution >= 0.6 is 15.9 Å². The Morgan fingerprint density at radius 3 is 2.27 bits per heavy atom. The first kappa shape index (κ1) is 11.5. The van der Waals surface area contributed by atoms with Gasteiger partial charge in [-0.15, -0.1) is 0 Å². The van der Waals surface area contributed by atoms with E-state index in [1.54, 1.807) is 0 Å². The fraction of sp³-hybridized carbons (Fsp3) is 0. The summed E-state index contributed by atoms with van der Waals surface area (Å²) in [7, 11) is 0. The van der Waals surface area contributed by atoms with Crippen molar-refractivity contribution in [3.63, 3.8) is 0 Å². The Morgan fingerprint density at radius 1 is 1.33 bits per heavy atom. The average molecular weight is 270 g/mol. The van der Waals surface area contributed by atoms with E-state index in [4.69, 9.17) is 5.11 Å². The molecule has 78 valence electrons. The Hall–Kier alpha value is -1.62. The molecule has 0 aliphatic carbocycles. The van der Waals surface area contributed by atoms with Crippen LogP contribution < -0.4 is 0 Å². The number of aromatic nitrogens is 1. The second-order valence-electron chi connectivity index (χ2n) is 2.44. The van der Waals surface area contributed by atoms with Gasteiger partial charge in [-0.05, 0) is 12.1 Å². The molecule has 1 aromatic carbocycles. The Morgan fingerprint density at radius 2 is 2.00 bits per heavy atom. The van der Waals surface area contributed by atoms with E-state index >= 15 is 0 Å². The zero-order chi connectivity index (χ0) is 11.1. The maximum atomic E-state index is 9.91. The second-order valence-corrected chi connectivity index (χ2v) is 3.35. The normalized spacial score (nSPS) is 8.87. The van der Waals surface area contributed by atoms with Crippen molar-refractivity contribution in [3.05, 3.63) is 53.2 Å². The molecule has 0 aliphatic heterocycles. The van der Waals surface area contributed by atoms with Crippen LogP contribution in [0.4, 0.5) is 0 Å². The first-order chi connectivity index (χ1) is 7.20. The van der Waals surface area contributed by atoms with E-state index in [-0.39, 0.29) is 5.89 Å². The number of hydrogen-bond acceptors (Lipinski definition) is 3. The molecule has 2 rings (SSSR count). The standard InChI is InChI=1S/C6H5Br.C4H3NO3/c7-6-4-2-1-3-5-6;6-4(7)3-5-1-2-8-3/h1-5H;1-2H,(H,6,7). The van der Waals surface area contributed by atoms with Gasteiger partial charge in [-0.2, -0.15) is 0 Å². The molecule has 0 unspecified atom stereocenters. The molecule has 0 saturated heterocycles. The van der Waals surface area contributed by atoms with Crippen molar-refractivity contribution >= 4 is 21.9 Å². The summed E-state index contributed by atoms with van der Waals surface area (Å²) in [5.74, 6) is -1.42. The number of aromatic carboxylic acids is 1. The fourth-order valence-corrected chi connectivity index (χ4v) is 1.05. The molecular weight excluding hydrogens is 262 g/mol. The number of nitrogens with zero attached hydrogens (tertiary/aromatic N) is 1. The molecule has 0 aliphatic rings. The number of oxazole rings is 1. The van der Waals surface area contributed by atoms with Crippen LogP contribution in [-0.4, -0.2) is 16.1 Å². The largest absolute Gasteiger partial charge is 0.474 e. The van der Waals surface area contributed by atoms with E-state index in [0.717, 1.165) is 4.47 Å². The van der Waals surface area contributed by atoms with E-state index in [1.807, 2.05) is 30.3 Å². The van der Waals surface area contributed by atoms with Crippen LogP contribution in [0.1, 0.15) is 10.7 Å². The van der Waals surface area contributed by atoms with Crippen LogP contribution in [-0.2, 0) is 0 Å². The minimum absolute atomic E-state index is 0.273. The summed E-state index contributed by atoms with van der Waals surface area (Å²) in [6, 6.07) is 9.97. The lowest BCUT2D eigenvalue weighted by Gasteiger charge is -1.80. The van der Waals surface area contributed by atoms with Gasteiger partial charge in [0.2, 0.25) is 0 Å². The van der Waals surface area contributed by atoms with Gasteiger partial charge in [-0.25, -0.2) is 9.78 Å². The third-order valence-corrected chi connectivity index (χ3v) is 1.88. The predicted molar refractivity (Wildman–Crippen MR) is 57.6 cm³/mol. The molecule has 0 fully saturated rings. The average Bonchev–Trinajstić information content (AvgIpc) is 2.72. The van der Waals surface area contributed by atoms with Crippen LogP contribution in [0.25, 0.3) is 0 Å². The number of hydrogen-bond donors (Lipinski definition) is 1. The summed E-state index contributed by atoms with van der Waals surface area (Å²) in [5.41, 5.74) is 0. The molecular formula is C10H8BrNO3. The molecule has 1 aromatic heterocycles. The summed E-state index contributed by atoms with van der Waals surface area (Å²) in [5, 5.41) is 8.12. The summed E-state index contributed by atoms with van der Waals surface area (Å²) in [4.78, 5) is 13.3. The molecule has 1 N–H and O–H groups in total. The minimum atomic E-state index is -1.14. The summed E-state index contributed by atoms with van der Waals surface area (Å²) < 4.78 is 5.52. The van der Waals surface area contributed by atoms with Gasteiger partial charge in [0.15, 0.2) is 0 Å². The molecule has 0 amide bonds. The van der Waals surface area contributed by atoms with Crippen LogP contribution in [0.5, 0.6) is 0 Å². The van der Waals surface area contributed by atoms with Crippen molar-refractivity contribution in [2.45, 2.75) is 0 Å². The number of carboxylic acids is 1. The molecule has 1 heterocycles. The third-order valence-electron chi connectivity index (χ3n) is 1.35. The quantitative estimate of drug-likeness (QED) is 0.865. The van der Waals surface area contributed by atoms with Crippen molar-refractivity contribution in [1.82, 2.24) is 4.98 Å². The summed E-state index contributed by atoms with van der Waals surface area (Å²) in [6.45, 7) is 0. The van der Waals surface area contributed by atoms with Crippen molar-refractivity contribution in [1.29, 1.82) is 0 Å². The molecule has 5 heteroatoms. The van der Waals surface area contributed by atoms with E-state index in [1.165, 1.54) is 12.5 Å². The van der Waals surface area contributed by atoms with Gasteiger partial charge in [0, 0.05) is 4.47 Å². The Balaban J connectivity index is 0.000000151. The smallest absolute Gasteiger partial charge is 0.392 e. The van der Waals surface area contributed by atoms with Gasteiger partial charge in [0.05, 0.1) is 6.20 Å². The number of rotatable bonds is 1. The maximum Gasteiger partial charge on any atom is 0.392 e. The van der Waals surface area contributed by atoms with Crippen molar-refractivity contribution in [3.8, 4) is 0 Å². The molecule has 4 nitrogen and oxygen atoms in total. The van der Waals surface area contributed by atoms with E-state index in [2.05, 4.69) is 25.3 Å². The number of benzene rings is 1. The lowest BCUT2D eigenvalue weighted by Crippen LogP contribution is -1.94. The monoisotopic (exact) mass is 269 g/mol. The summed E-state index contributed by atoms with van der Waals surface area (Å²) in [6.07, 6.45) is 2.49. The predicted octanol–water partition coefficient (Wildman–Crippen LogP) is 2.82. The number of halogens is 1. The molecule has 0 spiro atoms. The SMILES string of the molecule is Brc1ccccc1.O=C(O)c1ncco1. The van der Waals surface area contributed by atoms with Crippen LogP contribution in [0.15, 0.2) is 51.7 Å². The van der Waals surface area contributed by atoms with Crippen molar-refractivity contribution in [2.75, 3.05) is 0 Å². The van der Waals surface area contributed by atoms with Crippen LogP contribution in [0, 0.1) is 0 Å². The van der Waals surface area contributed by atoms with E-state index in [0.29, 0.717) is 0 Å². The number of carbonyl (C=O) groups is 1. The van der Waals surface area contributed by atoms with Crippen molar-refractivity contribution in [2.24, 2.45) is 0 Å². The second kappa shape index (κ2) is 5.98. The lowest BCUT2D eigenvalue weighted by molar-refractivity contribution is 0.0653. The molecule has 0 saturated carbocycles. The topological polar surface area (TPSA) is 63.3 Å². The highest BCUT2D eigenvalue weighted by Crippen LogP contribution is 2.05. The minimum Gasteiger partial charge on any atom is -0.474 e. The lowest BCUT2D eigenvalue weighted by atomic mass is 10.4. The zero-order valence-corrected chi connectivity index (χ0v) is 9.22. The summed E-state index contributed by atoms with van der Waals surface area (Å²) >= 11 is 3.31. The van der Waals surface area contributed by atoms with E-state index in [9.17, 15) is 4.79 Å². The first-order valence-electron chi connectivity index (χ1n) is 4.03. The van der Waals surface area contributed by atoms with E-state index < -0.39 is 5.97 Å². The van der Waals surface area contributed by atoms with Gasteiger partial charge < -0.3 is 9.52 Å². The van der Waals surface area contributed by atoms with Crippen LogP contribution in [0.3, 0.4) is 0 Å². The highest BCUT2D eigenvalue weighted by molar-refractivity contribution is 9.10. The molecule has 0 atom stereocenters. The highest BCUT2D eigenvalue weighted by atomic mass is 79.9. The Labute approximate surface area is 94.7 Å².